The summed E-state index contributed by atoms with van der Waals surface area (Å²) in [5.41, 5.74) is 5.15. The van der Waals surface area contributed by atoms with Gasteiger partial charge >= 0.3 is 12.3 Å². The standard InChI is InChI=1S/C12H8F5NO2/c13-11(14,15)12(16,17)20-9-6-4-8(5-7-9)2-1-3-10(18)19/h4-7H,3H2,(H2,18,19). The van der Waals surface area contributed by atoms with Gasteiger partial charge in [0.15, 0.2) is 0 Å². The van der Waals surface area contributed by atoms with E-state index >= 15 is 0 Å². The maximum atomic E-state index is 12.6. The summed E-state index contributed by atoms with van der Waals surface area (Å²) in [6.45, 7) is 0. The molecule has 0 spiro atoms. The Bertz CT molecular complexity index is 540. The van der Waals surface area contributed by atoms with Crippen molar-refractivity contribution in [1.82, 2.24) is 0 Å². The van der Waals surface area contributed by atoms with E-state index < -0.39 is 23.9 Å². The number of alkyl halides is 5. The van der Waals surface area contributed by atoms with Crippen LogP contribution in [0.25, 0.3) is 0 Å². The highest BCUT2D eigenvalue weighted by atomic mass is 19.4. The molecule has 3 nitrogen and oxygen atoms in total. The van der Waals surface area contributed by atoms with Crippen molar-refractivity contribution >= 4 is 5.91 Å². The highest BCUT2D eigenvalue weighted by Gasteiger charge is 2.61. The zero-order chi connectivity index (χ0) is 15.4. The predicted octanol–water partition coefficient (Wildman–Crippen LogP) is 2.45. The molecule has 2 N–H and O–H groups in total. The minimum Gasteiger partial charge on any atom is -0.426 e. The largest absolute Gasteiger partial charge is 0.499 e. The Morgan fingerprint density at radius 1 is 1.15 bits per heavy atom. The van der Waals surface area contributed by atoms with Gasteiger partial charge in [0.1, 0.15) is 5.75 Å². The van der Waals surface area contributed by atoms with E-state index in [1.165, 1.54) is 12.1 Å². The Kier molecular flexibility index (Phi) is 4.55. The van der Waals surface area contributed by atoms with Gasteiger partial charge in [0.2, 0.25) is 5.91 Å². The summed E-state index contributed by atoms with van der Waals surface area (Å²) in [7, 11) is 0. The van der Waals surface area contributed by atoms with Gasteiger partial charge in [-0.05, 0) is 24.3 Å². The molecule has 8 heteroatoms. The molecular weight excluding hydrogens is 285 g/mol. The maximum absolute atomic E-state index is 12.6. The first-order valence-corrected chi connectivity index (χ1v) is 5.12. The third-order valence-corrected chi connectivity index (χ3v) is 1.93. The van der Waals surface area contributed by atoms with Crippen LogP contribution in [0.15, 0.2) is 24.3 Å². The van der Waals surface area contributed by atoms with Gasteiger partial charge in [-0.1, -0.05) is 11.8 Å². The molecule has 0 aliphatic carbocycles. The second-order valence-electron chi connectivity index (χ2n) is 3.59. The normalized spacial score (nSPS) is 11.4. The van der Waals surface area contributed by atoms with Crippen molar-refractivity contribution in [2.24, 2.45) is 5.73 Å². The molecule has 0 saturated carbocycles. The number of benzene rings is 1. The fraction of sp³-hybridized carbons (Fsp3) is 0.250. The van der Waals surface area contributed by atoms with Crippen molar-refractivity contribution in [3.8, 4) is 17.6 Å². The van der Waals surface area contributed by atoms with Crippen molar-refractivity contribution in [3.05, 3.63) is 29.8 Å². The first-order valence-electron chi connectivity index (χ1n) is 5.12. The summed E-state index contributed by atoms with van der Waals surface area (Å²) >= 11 is 0. The van der Waals surface area contributed by atoms with Gasteiger partial charge in [-0.2, -0.15) is 22.0 Å². The topological polar surface area (TPSA) is 52.3 Å². The zero-order valence-electron chi connectivity index (χ0n) is 9.80. The van der Waals surface area contributed by atoms with Gasteiger partial charge in [-0.25, -0.2) is 0 Å². The summed E-state index contributed by atoms with van der Waals surface area (Å²) < 4.78 is 64.4. The number of hydrogen-bond acceptors (Lipinski definition) is 2. The smallest absolute Gasteiger partial charge is 0.426 e. The average molecular weight is 293 g/mol. The van der Waals surface area contributed by atoms with Gasteiger partial charge in [-0.3, -0.25) is 4.79 Å². The molecule has 0 fully saturated rings. The summed E-state index contributed by atoms with van der Waals surface area (Å²) in [4.78, 5) is 10.4. The van der Waals surface area contributed by atoms with E-state index in [0.717, 1.165) is 12.1 Å². The molecule has 1 aromatic rings. The van der Waals surface area contributed by atoms with Gasteiger partial charge < -0.3 is 10.5 Å². The van der Waals surface area contributed by atoms with Crippen molar-refractivity contribution in [2.45, 2.75) is 18.7 Å². The van der Waals surface area contributed by atoms with Gasteiger partial charge in [-0.15, -0.1) is 0 Å². The third-order valence-electron chi connectivity index (χ3n) is 1.93. The Balaban J connectivity index is 2.77. The number of primary amides is 1. The van der Waals surface area contributed by atoms with E-state index in [1.54, 1.807) is 0 Å². The molecule has 1 amide bonds. The van der Waals surface area contributed by atoms with Gasteiger partial charge in [0.05, 0.1) is 6.42 Å². The molecule has 0 aromatic heterocycles. The molecule has 0 atom stereocenters. The van der Waals surface area contributed by atoms with Crippen LogP contribution in [0.5, 0.6) is 5.75 Å². The van der Waals surface area contributed by atoms with E-state index in [2.05, 4.69) is 16.6 Å². The monoisotopic (exact) mass is 293 g/mol. The average Bonchev–Trinajstić information content (AvgIpc) is 2.29. The second kappa shape index (κ2) is 5.77. The SMILES string of the molecule is NC(=O)CC#Cc1ccc(OC(F)(F)C(F)(F)F)cc1. The molecule has 108 valence electrons. The molecule has 0 aliphatic heterocycles. The Labute approximate surface area is 110 Å². The Morgan fingerprint density at radius 3 is 2.15 bits per heavy atom. The van der Waals surface area contributed by atoms with Crippen LogP contribution in [-0.2, 0) is 4.79 Å². The van der Waals surface area contributed by atoms with E-state index in [0.29, 0.717) is 5.56 Å². The fourth-order valence-corrected chi connectivity index (χ4v) is 1.05. The van der Waals surface area contributed by atoms with Crippen LogP contribution in [0.1, 0.15) is 12.0 Å². The second-order valence-corrected chi connectivity index (χ2v) is 3.59. The van der Waals surface area contributed by atoms with Gasteiger partial charge in [0.25, 0.3) is 0 Å². The molecule has 0 radical (unpaired) electrons. The number of halogens is 5. The molecule has 0 heterocycles. The number of carbonyl (C=O) groups is 1. The maximum Gasteiger partial charge on any atom is 0.499 e. The fourth-order valence-electron chi connectivity index (χ4n) is 1.05. The Morgan fingerprint density at radius 2 is 1.70 bits per heavy atom. The van der Waals surface area contributed by atoms with Crippen LogP contribution in [-0.4, -0.2) is 18.2 Å². The van der Waals surface area contributed by atoms with Crippen molar-refractivity contribution in [3.63, 3.8) is 0 Å². The van der Waals surface area contributed by atoms with Crippen LogP contribution in [0.4, 0.5) is 22.0 Å². The van der Waals surface area contributed by atoms with Crippen molar-refractivity contribution in [1.29, 1.82) is 0 Å². The minimum atomic E-state index is -5.80. The highest BCUT2D eigenvalue weighted by molar-refractivity contribution is 5.76. The zero-order valence-corrected chi connectivity index (χ0v) is 9.80. The summed E-state index contributed by atoms with van der Waals surface area (Å²) in [6.07, 6.45) is -11.3. The van der Waals surface area contributed by atoms with Crippen LogP contribution < -0.4 is 10.5 Å². The number of nitrogens with two attached hydrogens (primary N) is 1. The van der Waals surface area contributed by atoms with Crippen LogP contribution in [0.2, 0.25) is 0 Å². The van der Waals surface area contributed by atoms with E-state index in [9.17, 15) is 26.7 Å². The van der Waals surface area contributed by atoms with Crippen LogP contribution in [0.3, 0.4) is 0 Å². The highest BCUT2D eigenvalue weighted by Crippen LogP contribution is 2.37. The Hall–Kier alpha value is -2.30. The minimum absolute atomic E-state index is 0.190. The third kappa shape index (κ3) is 4.42. The molecule has 0 unspecified atom stereocenters. The van der Waals surface area contributed by atoms with E-state index in [-0.39, 0.29) is 6.42 Å². The van der Waals surface area contributed by atoms with E-state index in [4.69, 9.17) is 5.73 Å². The number of ether oxygens (including phenoxy) is 1. The lowest BCUT2D eigenvalue weighted by atomic mass is 10.2. The molecule has 0 bridgehead atoms. The molecule has 0 saturated heterocycles. The lowest BCUT2D eigenvalue weighted by molar-refractivity contribution is -0.360. The number of hydrogen-bond donors (Lipinski definition) is 1. The van der Waals surface area contributed by atoms with Crippen molar-refractivity contribution < 1.29 is 31.5 Å². The van der Waals surface area contributed by atoms with E-state index in [1.807, 2.05) is 0 Å². The number of amides is 1. The summed E-state index contributed by atoms with van der Waals surface area (Å²) in [6, 6.07) is 4.17. The van der Waals surface area contributed by atoms with Crippen molar-refractivity contribution in [2.75, 3.05) is 0 Å². The number of carbonyl (C=O) groups excluding carboxylic acids is 1. The lowest BCUT2D eigenvalue weighted by Crippen LogP contribution is -2.41. The molecular formula is C12H8F5NO2. The lowest BCUT2D eigenvalue weighted by Gasteiger charge is -2.20. The first kappa shape index (κ1) is 15.8. The van der Waals surface area contributed by atoms with Crippen LogP contribution in [0, 0.1) is 11.8 Å². The quantitative estimate of drug-likeness (QED) is 0.687. The van der Waals surface area contributed by atoms with Crippen LogP contribution >= 0.6 is 0 Å². The molecule has 1 rings (SSSR count). The first-order chi connectivity index (χ1) is 9.12. The molecule has 0 aliphatic rings. The molecule has 20 heavy (non-hydrogen) atoms. The molecule has 1 aromatic carbocycles. The van der Waals surface area contributed by atoms with Gasteiger partial charge in [0, 0.05) is 5.56 Å². The summed E-state index contributed by atoms with van der Waals surface area (Å²) in [5.74, 6) is 3.58. The predicted molar refractivity (Wildman–Crippen MR) is 58.8 cm³/mol. The summed E-state index contributed by atoms with van der Waals surface area (Å²) in [5, 5.41) is 0. The number of rotatable bonds is 3.